The summed E-state index contributed by atoms with van der Waals surface area (Å²) in [7, 11) is 1.35. The molecule has 0 amide bonds. The molecule has 0 spiro atoms. The zero-order valence-electron chi connectivity index (χ0n) is 12.7. The molecule has 1 atom stereocenters. The fraction of sp³-hybridized carbons (Fsp3) is 0.167. The zero-order valence-corrected chi connectivity index (χ0v) is 12.7. The minimum absolute atomic E-state index is 0.153. The molecule has 0 bridgehead atoms. The Labute approximate surface area is 130 Å². The summed E-state index contributed by atoms with van der Waals surface area (Å²) in [6.45, 7) is 2.08. The van der Waals surface area contributed by atoms with Crippen LogP contribution in [-0.4, -0.2) is 13.1 Å². The molecule has 0 aliphatic heterocycles. The van der Waals surface area contributed by atoms with Crippen LogP contribution in [-0.2, 0) is 9.53 Å². The lowest BCUT2D eigenvalue weighted by Crippen LogP contribution is -2.08. The number of anilines is 2. The summed E-state index contributed by atoms with van der Waals surface area (Å²) in [5, 5.41) is 3.39. The van der Waals surface area contributed by atoms with E-state index < -0.39 is 5.97 Å². The van der Waals surface area contributed by atoms with Crippen LogP contribution in [0, 0.1) is 0 Å². The Morgan fingerprint density at radius 2 is 1.95 bits per heavy atom. The first-order chi connectivity index (χ1) is 10.6. The second kappa shape index (κ2) is 7.31. The molecule has 22 heavy (non-hydrogen) atoms. The second-order valence-electron chi connectivity index (χ2n) is 4.98. The van der Waals surface area contributed by atoms with E-state index in [1.54, 1.807) is 6.08 Å². The summed E-state index contributed by atoms with van der Waals surface area (Å²) in [6.07, 6.45) is 3.04. The van der Waals surface area contributed by atoms with Crippen molar-refractivity contribution < 1.29 is 9.53 Å². The molecule has 4 heteroatoms. The fourth-order valence-electron chi connectivity index (χ4n) is 2.11. The van der Waals surface area contributed by atoms with Crippen LogP contribution in [0.2, 0.25) is 0 Å². The van der Waals surface area contributed by atoms with Crippen molar-refractivity contribution in [2.24, 2.45) is 0 Å². The molecule has 114 valence electrons. The maximum atomic E-state index is 11.1. The largest absolute Gasteiger partial charge is 0.466 e. The van der Waals surface area contributed by atoms with E-state index in [0.29, 0.717) is 5.69 Å². The number of nitrogens with one attached hydrogen (secondary N) is 1. The quantitative estimate of drug-likeness (QED) is 0.502. The van der Waals surface area contributed by atoms with E-state index in [-0.39, 0.29) is 6.04 Å². The number of carbonyl (C=O) groups is 1. The van der Waals surface area contributed by atoms with Crippen molar-refractivity contribution >= 4 is 23.4 Å². The van der Waals surface area contributed by atoms with Crippen LogP contribution in [0.5, 0.6) is 0 Å². The van der Waals surface area contributed by atoms with E-state index in [2.05, 4.69) is 29.1 Å². The summed E-state index contributed by atoms with van der Waals surface area (Å²) >= 11 is 0. The van der Waals surface area contributed by atoms with Crippen molar-refractivity contribution in [2.45, 2.75) is 13.0 Å². The average Bonchev–Trinajstić information content (AvgIpc) is 2.55. The maximum absolute atomic E-state index is 11.1. The third-order valence-corrected chi connectivity index (χ3v) is 3.36. The standard InChI is InChI=1S/C18H20N2O2/c1-13(15-6-4-3-5-7-15)20-17-10-8-14(12-16(17)19)9-11-18(21)22-2/h3-13,20H,19H2,1-2H3/b11-9+. The van der Waals surface area contributed by atoms with Gasteiger partial charge in [-0.1, -0.05) is 36.4 Å². The number of hydrogen-bond donors (Lipinski definition) is 2. The minimum atomic E-state index is -0.390. The van der Waals surface area contributed by atoms with Gasteiger partial charge in [0.05, 0.1) is 18.5 Å². The Morgan fingerprint density at radius 3 is 2.59 bits per heavy atom. The lowest BCUT2D eigenvalue weighted by atomic mass is 10.1. The molecule has 0 saturated heterocycles. The molecule has 1 unspecified atom stereocenters. The molecule has 2 rings (SSSR count). The number of rotatable bonds is 5. The number of ether oxygens (including phenoxy) is 1. The highest BCUT2D eigenvalue weighted by molar-refractivity contribution is 5.87. The first-order valence-electron chi connectivity index (χ1n) is 7.07. The molecular formula is C18H20N2O2. The molecule has 0 heterocycles. The van der Waals surface area contributed by atoms with Crippen molar-refractivity contribution in [2.75, 3.05) is 18.2 Å². The van der Waals surface area contributed by atoms with Gasteiger partial charge in [0.1, 0.15) is 0 Å². The molecule has 0 radical (unpaired) electrons. The third kappa shape index (κ3) is 4.12. The van der Waals surface area contributed by atoms with E-state index >= 15 is 0 Å². The van der Waals surface area contributed by atoms with Gasteiger partial charge in [-0.05, 0) is 36.3 Å². The van der Waals surface area contributed by atoms with Crippen molar-refractivity contribution in [1.29, 1.82) is 0 Å². The molecule has 3 N–H and O–H groups in total. The number of esters is 1. The summed E-state index contributed by atoms with van der Waals surface area (Å²) in [5.74, 6) is -0.390. The predicted molar refractivity (Wildman–Crippen MR) is 90.4 cm³/mol. The van der Waals surface area contributed by atoms with Crippen LogP contribution in [0.1, 0.15) is 24.1 Å². The predicted octanol–water partition coefficient (Wildman–Crippen LogP) is 3.63. The van der Waals surface area contributed by atoms with Crippen LogP contribution in [0.3, 0.4) is 0 Å². The molecule has 0 fully saturated rings. The summed E-state index contributed by atoms with van der Waals surface area (Å²) in [6, 6.07) is 15.9. The highest BCUT2D eigenvalue weighted by atomic mass is 16.5. The molecule has 2 aromatic rings. The Hall–Kier alpha value is -2.75. The summed E-state index contributed by atoms with van der Waals surface area (Å²) < 4.78 is 4.56. The summed E-state index contributed by atoms with van der Waals surface area (Å²) in [5.41, 5.74) is 9.61. The van der Waals surface area contributed by atoms with E-state index in [1.807, 2.05) is 36.4 Å². The van der Waals surface area contributed by atoms with Gasteiger partial charge in [-0.2, -0.15) is 0 Å². The Bertz CT molecular complexity index is 666. The molecular weight excluding hydrogens is 276 g/mol. The van der Waals surface area contributed by atoms with Crippen molar-refractivity contribution in [1.82, 2.24) is 0 Å². The number of benzene rings is 2. The Kier molecular flexibility index (Phi) is 5.20. The smallest absolute Gasteiger partial charge is 0.330 e. The van der Waals surface area contributed by atoms with Crippen LogP contribution in [0.4, 0.5) is 11.4 Å². The van der Waals surface area contributed by atoms with Gasteiger partial charge in [-0.25, -0.2) is 4.79 Å². The van der Waals surface area contributed by atoms with Gasteiger partial charge in [0.2, 0.25) is 0 Å². The Balaban J connectivity index is 2.10. The molecule has 4 nitrogen and oxygen atoms in total. The lowest BCUT2D eigenvalue weighted by Gasteiger charge is -2.17. The number of nitrogens with two attached hydrogens (primary N) is 1. The highest BCUT2D eigenvalue weighted by Gasteiger charge is 2.07. The van der Waals surface area contributed by atoms with Crippen LogP contribution < -0.4 is 11.1 Å². The van der Waals surface area contributed by atoms with E-state index in [9.17, 15) is 4.79 Å². The normalized spacial score (nSPS) is 12.1. The average molecular weight is 296 g/mol. The number of nitrogen functional groups attached to an aromatic ring is 1. The van der Waals surface area contributed by atoms with Crippen molar-refractivity contribution in [3.8, 4) is 0 Å². The summed E-state index contributed by atoms with van der Waals surface area (Å²) in [4.78, 5) is 11.1. The number of carbonyl (C=O) groups excluding carboxylic acids is 1. The third-order valence-electron chi connectivity index (χ3n) is 3.36. The molecule has 0 aromatic heterocycles. The van der Waals surface area contributed by atoms with Gasteiger partial charge in [-0.3, -0.25) is 0 Å². The van der Waals surface area contributed by atoms with Gasteiger partial charge < -0.3 is 15.8 Å². The van der Waals surface area contributed by atoms with Gasteiger partial charge in [0.25, 0.3) is 0 Å². The monoisotopic (exact) mass is 296 g/mol. The van der Waals surface area contributed by atoms with Crippen molar-refractivity contribution in [3.63, 3.8) is 0 Å². The lowest BCUT2D eigenvalue weighted by molar-refractivity contribution is -0.134. The van der Waals surface area contributed by atoms with Gasteiger partial charge >= 0.3 is 5.97 Å². The zero-order chi connectivity index (χ0) is 15.9. The van der Waals surface area contributed by atoms with Gasteiger partial charge in [-0.15, -0.1) is 0 Å². The van der Waals surface area contributed by atoms with E-state index in [1.165, 1.54) is 18.7 Å². The van der Waals surface area contributed by atoms with Crippen LogP contribution >= 0.6 is 0 Å². The number of methoxy groups -OCH3 is 1. The van der Waals surface area contributed by atoms with Crippen LogP contribution in [0.15, 0.2) is 54.6 Å². The SMILES string of the molecule is COC(=O)/C=C/c1ccc(NC(C)c2ccccc2)c(N)c1. The topological polar surface area (TPSA) is 64.3 Å². The van der Waals surface area contributed by atoms with Gasteiger partial charge in [0, 0.05) is 12.1 Å². The Morgan fingerprint density at radius 1 is 1.23 bits per heavy atom. The second-order valence-corrected chi connectivity index (χ2v) is 4.98. The van der Waals surface area contributed by atoms with Gasteiger partial charge in [0.15, 0.2) is 0 Å². The first kappa shape index (κ1) is 15.6. The highest BCUT2D eigenvalue weighted by Crippen LogP contribution is 2.25. The molecule has 2 aromatic carbocycles. The molecule has 0 saturated carbocycles. The van der Waals surface area contributed by atoms with E-state index in [4.69, 9.17) is 5.73 Å². The number of hydrogen-bond acceptors (Lipinski definition) is 4. The van der Waals surface area contributed by atoms with Crippen LogP contribution in [0.25, 0.3) is 6.08 Å². The maximum Gasteiger partial charge on any atom is 0.330 e. The fourth-order valence-corrected chi connectivity index (χ4v) is 2.11. The molecule has 0 aliphatic carbocycles. The first-order valence-corrected chi connectivity index (χ1v) is 7.07. The van der Waals surface area contributed by atoms with Crippen molar-refractivity contribution in [3.05, 3.63) is 65.7 Å². The molecule has 0 aliphatic rings. The minimum Gasteiger partial charge on any atom is -0.466 e. The van der Waals surface area contributed by atoms with E-state index in [0.717, 1.165) is 11.3 Å².